The van der Waals surface area contributed by atoms with Crippen LogP contribution in [0, 0.1) is 0 Å². The normalized spacial score (nSPS) is 18.3. The maximum absolute atomic E-state index is 11.9. The second-order valence-corrected chi connectivity index (χ2v) is 7.23. The molecule has 1 unspecified atom stereocenters. The minimum atomic E-state index is -0.00999. The van der Waals surface area contributed by atoms with Crippen LogP contribution in [0.25, 0.3) is 0 Å². The Labute approximate surface area is 163 Å². The lowest BCUT2D eigenvalue weighted by Crippen LogP contribution is -2.46. The van der Waals surface area contributed by atoms with Gasteiger partial charge in [0.05, 0.1) is 6.26 Å². The molecule has 7 nitrogen and oxygen atoms in total. The number of nitrogens with zero attached hydrogens (tertiary/aromatic N) is 3. The number of guanidine groups is 1. The number of aliphatic imine (C=N–C) groups is 1. The SMILES string of the molecule is CCC1CCCCN1CCNC(=NCC(=O)N(C)C)NCCc1ccco1. The first-order valence-corrected chi connectivity index (χ1v) is 10.1. The quantitative estimate of drug-likeness (QED) is 0.506. The van der Waals surface area contributed by atoms with Crippen LogP contribution >= 0.6 is 0 Å². The molecule has 1 aliphatic heterocycles. The molecule has 27 heavy (non-hydrogen) atoms. The number of amides is 1. The zero-order chi connectivity index (χ0) is 19.5. The Kier molecular flexibility index (Phi) is 9.18. The molecule has 1 aliphatic rings. The summed E-state index contributed by atoms with van der Waals surface area (Å²) in [6, 6.07) is 4.55. The van der Waals surface area contributed by atoms with E-state index in [-0.39, 0.29) is 12.5 Å². The Balaban J connectivity index is 1.82. The molecular weight excluding hydrogens is 342 g/mol. The highest BCUT2D eigenvalue weighted by molar-refractivity contribution is 5.84. The molecule has 1 saturated heterocycles. The van der Waals surface area contributed by atoms with Gasteiger partial charge in [0.15, 0.2) is 5.96 Å². The molecule has 0 saturated carbocycles. The van der Waals surface area contributed by atoms with Gasteiger partial charge in [-0.05, 0) is 37.9 Å². The van der Waals surface area contributed by atoms with Crippen LogP contribution in [0.1, 0.15) is 38.4 Å². The molecule has 1 atom stereocenters. The van der Waals surface area contributed by atoms with Gasteiger partial charge in [-0.2, -0.15) is 0 Å². The van der Waals surface area contributed by atoms with Crippen LogP contribution in [0.4, 0.5) is 0 Å². The first kappa shape index (κ1) is 21.3. The topological polar surface area (TPSA) is 73.1 Å². The molecule has 0 spiro atoms. The van der Waals surface area contributed by atoms with Crippen LogP contribution in [0.3, 0.4) is 0 Å². The standard InChI is InChI=1S/C20H35N5O2/c1-4-17-8-5-6-13-25(17)14-12-22-20(23-16-19(26)24(2)3)21-11-10-18-9-7-15-27-18/h7,9,15,17H,4-6,8,10-14,16H2,1-3H3,(H2,21,22,23). The second kappa shape index (κ2) is 11.6. The van der Waals surface area contributed by atoms with Crippen molar-refractivity contribution >= 4 is 11.9 Å². The zero-order valence-corrected chi connectivity index (χ0v) is 17.0. The van der Waals surface area contributed by atoms with Crippen LogP contribution in [0.5, 0.6) is 0 Å². The number of carbonyl (C=O) groups is 1. The summed E-state index contributed by atoms with van der Waals surface area (Å²) in [6.07, 6.45) is 7.60. The van der Waals surface area contributed by atoms with E-state index >= 15 is 0 Å². The van der Waals surface area contributed by atoms with E-state index in [2.05, 4.69) is 27.4 Å². The van der Waals surface area contributed by atoms with Crippen molar-refractivity contribution in [2.24, 2.45) is 4.99 Å². The number of likely N-dealkylation sites (tertiary alicyclic amines) is 1. The molecule has 1 aromatic heterocycles. The number of hydrogen-bond acceptors (Lipinski definition) is 4. The van der Waals surface area contributed by atoms with Gasteiger partial charge >= 0.3 is 0 Å². The Morgan fingerprint density at radius 1 is 1.33 bits per heavy atom. The smallest absolute Gasteiger partial charge is 0.243 e. The van der Waals surface area contributed by atoms with Crippen molar-refractivity contribution in [1.82, 2.24) is 20.4 Å². The first-order valence-electron chi connectivity index (χ1n) is 10.1. The van der Waals surface area contributed by atoms with Gasteiger partial charge in [-0.25, -0.2) is 4.99 Å². The number of hydrogen-bond donors (Lipinski definition) is 2. The number of rotatable bonds is 9. The molecule has 7 heteroatoms. The molecular formula is C20H35N5O2. The van der Waals surface area contributed by atoms with Crippen molar-refractivity contribution in [2.75, 3.05) is 46.8 Å². The van der Waals surface area contributed by atoms with Crippen LogP contribution in [-0.4, -0.2) is 74.5 Å². The van der Waals surface area contributed by atoms with Crippen LogP contribution < -0.4 is 10.6 Å². The number of furan rings is 1. The van der Waals surface area contributed by atoms with Crippen LogP contribution in [-0.2, 0) is 11.2 Å². The van der Waals surface area contributed by atoms with E-state index in [0.29, 0.717) is 18.5 Å². The maximum Gasteiger partial charge on any atom is 0.243 e. The molecule has 0 bridgehead atoms. The number of carbonyl (C=O) groups excluding carboxylic acids is 1. The summed E-state index contributed by atoms with van der Waals surface area (Å²) in [4.78, 5) is 20.4. The number of likely N-dealkylation sites (N-methyl/N-ethyl adjacent to an activating group) is 1. The predicted molar refractivity (Wildman–Crippen MR) is 109 cm³/mol. The number of nitrogens with one attached hydrogen (secondary N) is 2. The average Bonchev–Trinajstić information content (AvgIpc) is 3.19. The fourth-order valence-electron chi connectivity index (χ4n) is 3.36. The van der Waals surface area contributed by atoms with Crippen molar-refractivity contribution < 1.29 is 9.21 Å². The van der Waals surface area contributed by atoms with Crippen molar-refractivity contribution in [3.63, 3.8) is 0 Å². The fraction of sp³-hybridized carbons (Fsp3) is 0.700. The molecule has 0 aromatic carbocycles. The van der Waals surface area contributed by atoms with Gasteiger partial charge in [0, 0.05) is 46.2 Å². The summed E-state index contributed by atoms with van der Waals surface area (Å²) in [7, 11) is 3.49. The fourth-order valence-corrected chi connectivity index (χ4v) is 3.36. The molecule has 1 amide bonds. The van der Waals surface area contributed by atoms with Crippen LogP contribution in [0.2, 0.25) is 0 Å². The van der Waals surface area contributed by atoms with Crippen molar-refractivity contribution in [3.8, 4) is 0 Å². The lowest BCUT2D eigenvalue weighted by molar-refractivity contribution is -0.127. The minimum Gasteiger partial charge on any atom is -0.469 e. The Hall–Kier alpha value is -2.02. The van der Waals surface area contributed by atoms with Crippen LogP contribution in [0.15, 0.2) is 27.8 Å². The second-order valence-electron chi connectivity index (χ2n) is 7.23. The van der Waals surface area contributed by atoms with Gasteiger partial charge in [-0.15, -0.1) is 0 Å². The molecule has 2 N–H and O–H groups in total. The highest BCUT2D eigenvalue weighted by Gasteiger charge is 2.20. The molecule has 2 rings (SSSR count). The molecule has 2 heterocycles. The van der Waals surface area contributed by atoms with Gasteiger partial charge in [-0.1, -0.05) is 13.3 Å². The first-order chi connectivity index (χ1) is 13.1. The highest BCUT2D eigenvalue weighted by atomic mass is 16.3. The summed E-state index contributed by atoms with van der Waals surface area (Å²) < 4.78 is 5.36. The van der Waals surface area contributed by atoms with E-state index in [1.165, 1.54) is 32.2 Å². The third-order valence-corrected chi connectivity index (χ3v) is 5.03. The van der Waals surface area contributed by atoms with Gasteiger partial charge < -0.3 is 20.0 Å². The minimum absolute atomic E-state index is 0.00999. The van der Waals surface area contributed by atoms with E-state index in [0.717, 1.165) is 25.3 Å². The zero-order valence-electron chi connectivity index (χ0n) is 17.0. The average molecular weight is 378 g/mol. The van der Waals surface area contributed by atoms with Gasteiger partial charge in [0.25, 0.3) is 0 Å². The molecule has 0 radical (unpaired) electrons. The lowest BCUT2D eigenvalue weighted by Gasteiger charge is -2.35. The van der Waals surface area contributed by atoms with E-state index in [1.807, 2.05) is 12.1 Å². The molecule has 1 fully saturated rings. The summed E-state index contributed by atoms with van der Waals surface area (Å²) in [5.74, 6) is 1.61. The molecule has 152 valence electrons. The summed E-state index contributed by atoms with van der Waals surface area (Å²) >= 11 is 0. The Morgan fingerprint density at radius 2 is 2.15 bits per heavy atom. The van der Waals surface area contributed by atoms with E-state index in [1.54, 1.807) is 25.3 Å². The third-order valence-electron chi connectivity index (χ3n) is 5.03. The van der Waals surface area contributed by atoms with Crippen molar-refractivity contribution in [2.45, 2.75) is 45.1 Å². The summed E-state index contributed by atoms with van der Waals surface area (Å²) in [5.41, 5.74) is 0. The summed E-state index contributed by atoms with van der Waals surface area (Å²) in [5, 5.41) is 6.69. The predicted octanol–water partition coefficient (Wildman–Crippen LogP) is 1.71. The molecule has 0 aliphatic carbocycles. The monoisotopic (exact) mass is 377 g/mol. The van der Waals surface area contributed by atoms with Gasteiger partial charge in [-0.3, -0.25) is 9.69 Å². The Morgan fingerprint density at radius 3 is 2.85 bits per heavy atom. The number of piperidine rings is 1. The van der Waals surface area contributed by atoms with Gasteiger partial charge in [0.2, 0.25) is 5.91 Å². The lowest BCUT2D eigenvalue weighted by atomic mass is 10.0. The maximum atomic E-state index is 11.9. The highest BCUT2D eigenvalue weighted by Crippen LogP contribution is 2.18. The van der Waals surface area contributed by atoms with Crippen molar-refractivity contribution in [3.05, 3.63) is 24.2 Å². The molecule has 1 aromatic rings. The van der Waals surface area contributed by atoms with Crippen molar-refractivity contribution in [1.29, 1.82) is 0 Å². The third kappa shape index (κ3) is 7.62. The van der Waals surface area contributed by atoms with Gasteiger partial charge in [0.1, 0.15) is 12.3 Å². The van der Waals surface area contributed by atoms with E-state index in [9.17, 15) is 4.79 Å². The van der Waals surface area contributed by atoms with E-state index < -0.39 is 0 Å². The van der Waals surface area contributed by atoms with E-state index in [4.69, 9.17) is 4.42 Å². The largest absolute Gasteiger partial charge is 0.469 e. The Bertz CT molecular complexity index is 571. The summed E-state index contributed by atoms with van der Waals surface area (Å²) in [6.45, 7) is 6.11.